The van der Waals surface area contributed by atoms with Crippen LogP contribution in [0, 0.1) is 5.92 Å². The summed E-state index contributed by atoms with van der Waals surface area (Å²) in [6.45, 7) is 1.41. The highest BCUT2D eigenvalue weighted by Crippen LogP contribution is 2.37. The first-order valence-corrected chi connectivity index (χ1v) is 7.48. The van der Waals surface area contributed by atoms with Crippen molar-refractivity contribution in [3.8, 4) is 0 Å². The molecule has 3 rings (SSSR count). The van der Waals surface area contributed by atoms with Crippen molar-refractivity contribution in [2.45, 2.75) is 57.0 Å². The highest BCUT2D eigenvalue weighted by atomic mass is 16.4. The zero-order valence-corrected chi connectivity index (χ0v) is 11.3. The monoisotopic (exact) mass is 266 g/mol. The Hall–Kier alpha value is -1.26. The van der Waals surface area contributed by atoms with Crippen LogP contribution in [-0.4, -0.2) is 52.1 Å². The molecule has 0 aromatic heterocycles. The summed E-state index contributed by atoms with van der Waals surface area (Å²) in [5, 5.41) is 9.21. The third kappa shape index (κ3) is 2.19. The van der Waals surface area contributed by atoms with Gasteiger partial charge in [-0.05, 0) is 44.4 Å². The SMILES string of the molecule is O=C(O)[C@H]1CCCN1C(=O)N1CCCC2CCCC21. The van der Waals surface area contributed by atoms with Crippen LogP contribution in [0.15, 0.2) is 0 Å². The highest BCUT2D eigenvalue weighted by Gasteiger charge is 2.42. The third-order valence-electron chi connectivity index (χ3n) is 5.02. The first-order chi connectivity index (χ1) is 9.18. The number of amides is 2. The number of carboxylic acid groups (broad SMARTS) is 1. The molecule has 0 aromatic carbocycles. The van der Waals surface area contributed by atoms with Gasteiger partial charge in [0, 0.05) is 19.1 Å². The van der Waals surface area contributed by atoms with Crippen molar-refractivity contribution in [2.24, 2.45) is 5.92 Å². The summed E-state index contributed by atoms with van der Waals surface area (Å²) in [6, 6.07) is -0.257. The van der Waals surface area contributed by atoms with E-state index in [9.17, 15) is 14.7 Å². The van der Waals surface area contributed by atoms with Gasteiger partial charge in [-0.15, -0.1) is 0 Å². The smallest absolute Gasteiger partial charge is 0.326 e. The third-order valence-corrected chi connectivity index (χ3v) is 5.02. The quantitative estimate of drug-likeness (QED) is 0.788. The van der Waals surface area contributed by atoms with Gasteiger partial charge in [0.05, 0.1) is 0 Å². The summed E-state index contributed by atoms with van der Waals surface area (Å²) >= 11 is 0. The number of nitrogens with zero attached hydrogens (tertiary/aromatic N) is 2. The van der Waals surface area contributed by atoms with E-state index in [2.05, 4.69) is 0 Å². The first-order valence-electron chi connectivity index (χ1n) is 7.48. The summed E-state index contributed by atoms with van der Waals surface area (Å²) in [4.78, 5) is 27.4. The van der Waals surface area contributed by atoms with E-state index in [-0.39, 0.29) is 6.03 Å². The Bertz CT molecular complexity index is 385. The number of urea groups is 1. The lowest BCUT2D eigenvalue weighted by Gasteiger charge is -2.40. The van der Waals surface area contributed by atoms with Crippen LogP contribution in [0.4, 0.5) is 4.79 Å². The summed E-state index contributed by atoms with van der Waals surface area (Å²) in [7, 11) is 0. The molecule has 2 aliphatic heterocycles. The van der Waals surface area contributed by atoms with Gasteiger partial charge in [0.25, 0.3) is 0 Å². The predicted molar refractivity (Wildman–Crippen MR) is 69.8 cm³/mol. The maximum absolute atomic E-state index is 12.6. The predicted octanol–water partition coefficient (Wildman–Crippen LogP) is 1.92. The molecule has 1 saturated carbocycles. The average molecular weight is 266 g/mol. The molecule has 3 fully saturated rings. The Morgan fingerprint density at radius 1 is 0.895 bits per heavy atom. The van der Waals surface area contributed by atoms with Crippen LogP contribution in [0.5, 0.6) is 0 Å². The van der Waals surface area contributed by atoms with E-state index in [0.717, 1.165) is 25.8 Å². The molecule has 0 radical (unpaired) electrons. The van der Waals surface area contributed by atoms with Crippen LogP contribution >= 0.6 is 0 Å². The lowest BCUT2D eigenvalue weighted by Crippen LogP contribution is -2.54. The van der Waals surface area contributed by atoms with Crippen molar-refractivity contribution in [1.29, 1.82) is 0 Å². The molecule has 5 heteroatoms. The minimum atomic E-state index is -0.856. The summed E-state index contributed by atoms with van der Waals surface area (Å²) < 4.78 is 0. The number of carboxylic acids is 1. The molecule has 2 heterocycles. The molecule has 0 bridgehead atoms. The Labute approximate surface area is 113 Å². The highest BCUT2D eigenvalue weighted by molar-refractivity contribution is 5.83. The molecule has 2 amide bonds. The van der Waals surface area contributed by atoms with Gasteiger partial charge in [0.15, 0.2) is 0 Å². The minimum Gasteiger partial charge on any atom is -0.480 e. The largest absolute Gasteiger partial charge is 0.480 e. The fourth-order valence-corrected chi connectivity index (χ4v) is 4.11. The van der Waals surface area contributed by atoms with Crippen LogP contribution in [0.25, 0.3) is 0 Å². The van der Waals surface area contributed by atoms with Gasteiger partial charge >= 0.3 is 12.0 Å². The second-order valence-electron chi connectivity index (χ2n) is 6.07. The fourth-order valence-electron chi connectivity index (χ4n) is 4.11. The van der Waals surface area contributed by atoms with Gasteiger partial charge in [-0.1, -0.05) is 6.42 Å². The zero-order valence-electron chi connectivity index (χ0n) is 11.3. The Balaban J connectivity index is 1.74. The molecule has 3 aliphatic rings. The van der Waals surface area contributed by atoms with E-state index in [1.165, 1.54) is 19.3 Å². The van der Waals surface area contributed by atoms with Gasteiger partial charge in [-0.25, -0.2) is 9.59 Å². The van der Waals surface area contributed by atoms with Crippen molar-refractivity contribution < 1.29 is 14.7 Å². The number of fused-ring (bicyclic) bond motifs is 1. The molecule has 1 N–H and O–H groups in total. The lowest BCUT2D eigenvalue weighted by atomic mass is 9.92. The molecule has 1 aliphatic carbocycles. The molecular formula is C14H22N2O3. The van der Waals surface area contributed by atoms with Crippen LogP contribution in [-0.2, 0) is 4.79 Å². The van der Waals surface area contributed by atoms with E-state index in [4.69, 9.17) is 0 Å². The minimum absolute atomic E-state index is 0.0264. The van der Waals surface area contributed by atoms with E-state index in [0.29, 0.717) is 24.9 Å². The summed E-state index contributed by atoms with van der Waals surface area (Å²) in [6.07, 6.45) is 7.25. The number of hydrogen-bond donors (Lipinski definition) is 1. The average Bonchev–Trinajstić information content (AvgIpc) is 3.05. The Morgan fingerprint density at radius 2 is 1.58 bits per heavy atom. The number of carbonyl (C=O) groups excluding carboxylic acids is 1. The summed E-state index contributed by atoms with van der Waals surface area (Å²) in [5.41, 5.74) is 0. The maximum atomic E-state index is 12.6. The normalized spacial score (nSPS) is 34.4. The number of aliphatic carboxylic acids is 1. The molecule has 0 spiro atoms. The van der Waals surface area contributed by atoms with Crippen molar-refractivity contribution in [1.82, 2.24) is 9.80 Å². The van der Waals surface area contributed by atoms with Crippen molar-refractivity contribution >= 4 is 12.0 Å². The van der Waals surface area contributed by atoms with Gasteiger partial charge in [-0.2, -0.15) is 0 Å². The molecule has 3 atom stereocenters. The van der Waals surface area contributed by atoms with Gasteiger partial charge in [-0.3, -0.25) is 0 Å². The van der Waals surface area contributed by atoms with Crippen LogP contribution < -0.4 is 0 Å². The van der Waals surface area contributed by atoms with Gasteiger partial charge < -0.3 is 14.9 Å². The van der Waals surface area contributed by atoms with Crippen molar-refractivity contribution in [2.75, 3.05) is 13.1 Å². The second-order valence-corrected chi connectivity index (χ2v) is 6.07. The maximum Gasteiger partial charge on any atom is 0.326 e. The number of rotatable bonds is 1. The van der Waals surface area contributed by atoms with E-state index >= 15 is 0 Å². The molecule has 5 nitrogen and oxygen atoms in total. The molecular weight excluding hydrogens is 244 g/mol. The number of piperidine rings is 1. The van der Waals surface area contributed by atoms with E-state index in [1.54, 1.807) is 4.90 Å². The molecule has 0 aromatic rings. The molecule has 19 heavy (non-hydrogen) atoms. The van der Waals surface area contributed by atoms with E-state index in [1.807, 2.05) is 4.90 Å². The van der Waals surface area contributed by atoms with Crippen LogP contribution in [0.2, 0.25) is 0 Å². The van der Waals surface area contributed by atoms with Gasteiger partial charge in [0.1, 0.15) is 6.04 Å². The topological polar surface area (TPSA) is 60.9 Å². The molecule has 106 valence electrons. The van der Waals surface area contributed by atoms with Crippen LogP contribution in [0.1, 0.15) is 44.9 Å². The van der Waals surface area contributed by atoms with Crippen molar-refractivity contribution in [3.63, 3.8) is 0 Å². The standard InChI is InChI=1S/C14H22N2O3/c17-13(18)12-7-3-9-16(12)14(19)15-8-2-5-10-4-1-6-11(10)15/h10-12H,1-9H2,(H,17,18)/t10?,11?,12-/m1/s1. The fraction of sp³-hybridized carbons (Fsp3) is 0.857. The summed E-state index contributed by atoms with van der Waals surface area (Å²) in [5.74, 6) is -0.200. The van der Waals surface area contributed by atoms with E-state index < -0.39 is 12.0 Å². The Morgan fingerprint density at radius 3 is 2.37 bits per heavy atom. The lowest BCUT2D eigenvalue weighted by molar-refractivity contribution is -0.141. The molecule has 2 saturated heterocycles. The number of hydrogen-bond acceptors (Lipinski definition) is 2. The van der Waals surface area contributed by atoms with Crippen molar-refractivity contribution in [3.05, 3.63) is 0 Å². The van der Waals surface area contributed by atoms with Crippen LogP contribution in [0.3, 0.4) is 0 Å². The zero-order chi connectivity index (χ0) is 13.4. The Kier molecular flexibility index (Phi) is 3.37. The first kappa shape index (κ1) is 12.8. The number of carbonyl (C=O) groups is 2. The van der Waals surface area contributed by atoms with Gasteiger partial charge in [0.2, 0.25) is 0 Å². The second kappa shape index (κ2) is 5.02. The number of likely N-dealkylation sites (tertiary alicyclic amines) is 2. The molecule has 2 unspecified atom stereocenters.